The van der Waals surface area contributed by atoms with Crippen LogP contribution in [0.2, 0.25) is 0 Å². The van der Waals surface area contributed by atoms with Crippen LogP contribution in [0.1, 0.15) is 16.4 Å². The molecule has 3 heterocycles. The standard InChI is InChI=1S/C11H10N8O/c1-7-12-4-5-19(7)9-3-2-8(6-13-9)14-11(20)10-15-17-18-16-10/h2-6H,1H3,(H,14,20)(H,15,16,17,18). The first-order valence-corrected chi connectivity index (χ1v) is 5.75. The molecule has 100 valence electrons. The molecular formula is C11H10N8O. The van der Waals surface area contributed by atoms with Gasteiger partial charge in [-0.1, -0.05) is 0 Å². The van der Waals surface area contributed by atoms with E-state index in [4.69, 9.17) is 0 Å². The predicted octanol–water partition coefficient (Wildman–Crippen LogP) is 0.341. The molecule has 0 radical (unpaired) electrons. The zero-order chi connectivity index (χ0) is 13.9. The Balaban J connectivity index is 1.77. The fourth-order valence-corrected chi connectivity index (χ4v) is 1.67. The molecule has 0 atom stereocenters. The quantitative estimate of drug-likeness (QED) is 0.709. The molecule has 0 aliphatic carbocycles. The van der Waals surface area contributed by atoms with Gasteiger partial charge in [0.1, 0.15) is 11.6 Å². The summed E-state index contributed by atoms with van der Waals surface area (Å²) in [6, 6.07) is 3.51. The number of aryl methyl sites for hydroxylation is 1. The zero-order valence-electron chi connectivity index (χ0n) is 10.5. The van der Waals surface area contributed by atoms with Crippen molar-refractivity contribution in [1.29, 1.82) is 0 Å². The lowest BCUT2D eigenvalue weighted by Gasteiger charge is -2.05. The molecule has 0 unspecified atom stereocenters. The summed E-state index contributed by atoms with van der Waals surface area (Å²) in [6.07, 6.45) is 5.06. The molecule has 3 rings (SSSR count). The Kier molecular flexibility index (Phi) is 2.92. The minimum atomic E-state index is -0.452. The first-order chi connectivity index (χ1) is 9.74. The van der Waals surface area contributed by atoms with E-state index < -0.39 is 5.91 Å². The van der Waals surface area contributed by atoms with Crippen molar-refractivity contribution in [1.82, 2.24) is 35.2 Å². The van der Waals surface area contributed by atoms with Crippen molar-refractivity contribution in [2.75, 3.05) is 5.32 Å². The topological polar surface area (TPSA) is 114 Å². The van der Waals surface area contributed by atoms with Crippen molar-refractivity contribution in [3.8, 4) is 5.82 Å². The number of carbonyl (C=O) groups is 1. The monoisotopic (exact) mass is 270 g/mol. The molecule has 9 nitrogen and oxygen atoms in total. The molecule has 20 heavy (non-hydrogen) atoms. The highest BCUT2D eigenvalue weighted by Crippen LogP contribution is 2.11. The average molecular weight is 270 g/mol. The van der Waals surface area contributed by atoms with Gasteiger partial charge in [0.25, 0.3) is 11.7 Å². The highest BCUT2D eigenvalue weighted by molar-refractivity contribution is 6.01. The summed E-state index contributed by atoms with van der Waals surface area (Å²) in [7, 11) is 0. The molecule has 3 aromatic heterocycles. The van der Waals surface area contributed by atoms with Crippen molar-refractivity contribution in [2.24, 2.45) is 0 Å². The summed E-state index contributed by atoms with van der Waals surface area (Å²) in [5, 5.41) is 15.3. The summed E-state index contributed by atoms with van der Waals surface area (Å²) in [5.74, 6) is 1.07. The molecule has 3 aromatic rings. The minimum absolute atomic E-state index is 0.0282. The van der Waals surface area contributed by atoms with Gasteiger partial charge in [-0.2, -0.15) is 5.21 Å². The van der Waals surface area contributed by atoms with Gasteiger partial charge in [0.2, 0.25) is 0 Å². The van der Waals surface area contributed by atoms with E-state index in [9.17, 15) is 4.79 Å². The highest BCUT2D eigenvalue weighted by atomic mass is 16.2. The Morgan fingerprint density at radius 1 is 1.35 bits per heavy atom. The van der Waals surface area contributed by atoms with E-state index in [1.54, 1.807) is 24.5 Å². The Hall–Kier alpha value is -3.10. The molecular weight excluding hydrogens is 260 g/mol. The number of hydrogen-bond donors (Lipinski definition) is 2. The lowest BCUT2D eigenvalue weighted by atomic mass is 10.4. The van der Waals surface area contributed by atoms with Crippen molar-refractivity contribution in [3.63, 3.8) is 0 Å². The molecule has 0 aromatic carbocycles. The molecule has 0 fully saturated rings. The Labute approximate surface area is 113 Å². The van der Waals surface area contributed by atoms with E-state index in [1.807, 2.05) is 17.7 Å². The second kappa shape index (κ2) is 4.88. The Bertz CT molecular complexity index is 715. The van der Waals surface area contributed by atoms with Gasteiger partial charge < -0.3 is 5.32 Å². The predicted molar refractivity (Wildman–Crippen MR) is 68.2 cm³/mol. The molecule has 0 spiro atoms. The van der Waals surface area contributed by atoms with Crippen molar-refractivity contribution in [2.45, 2.75) is 6.92 Å². The van der Waals surface area contributed by atoms with E-state index in [2.05, 4.69) is 35.9 Å². The van der Waals surface area contributed by atoms with Crippen LogP contribution < -0.4 is 5.32 Å². The third-order valence-electron chi connectivity index (χ3n) is 2.63. The molecule has 1 amide bonds. The molecule has 0 aliphatic heterocycles. The average Bonchev–Trinajstić information content (AvgIpc) is 3.11. The number of carbonyl (C=O) groups excluding carboxylic acids is 1. The Morgan fingerprint density at radius 2 is 2.25 bits per heavy atom. The van der Waals surface area contributed by atoms with Crippen molar-refractivity contribution >= 4 is 11.6 Å². The van der Waals surface area contributed by atoms with Gasteiger partial charge >= 0.3 is 0 Å². The van der Waals surface area contributed by atoms with Gasteiger partial charge in [0.15, 0.2) is 0 Å². The van der Waals surface area contributed by atoms with Gasteiger partial charge in [-0.15, -0.1) is 10.2 Å². The molecule has 0 saturated carbocycles. The van der Waals surface area contributed by atoms with Gasteiger partial charge in [-0.25, -0.2) is 9.97 Å². The van der Waals surface area contributed by atoms with Gasteiger partial charge in [0, 0.05) is 12.4 Å². The number of rotatable bonds is 3. The maximum atomic E-state index is 11.7. The maximum Gasteiger partial charge on any atom is 0.297 e. The SMILES string of the molecule is Cc1nccn1-c1ccc(NC(=O)c2nn[nH]n2)cn1. The third kappa shape index (κ3) is 2.23. The molecule has 0 bridgehead atoms. The fraction of sp³-hybridized carbons (Fsp3) is 0.0909. The number of nitrogens with zero attached hydrogens (tertiary/aromatic N) is 6. The first-order valence-electron chi connectivity index (χ1n) is 5.75. The van der Waals surface area contributed by atoms with Crippen LogP contribution in [0.3, 0.4) is 0 Å². The number of tetrazole rings is 1. The first kappa shape index (κ1) is 12.0. The second-order valence-electron chi connectivity index (χ2n) is 3.94. The number of imidazole rings is 1. The van der Waals surface area contributed by atoms with E-state index in [0.29, 0.717) is 5.69 Å². The summed E-state index contributed by atoms with van der Waals surface area (Å²) in [6.45, 7) is 1.88. The molecule has 0 aliphatic rings. The van der Waals surface area contributed by atoms with Crippen LogP contribution in [-0.4, -0.2) is 41.1 Å². The zero-order valence-corrected chi connectivity index (χ0v) is 10.5. The normalized spacial score (nSPS) is 10.4. The lowest BCUT2D eigenvalue weighted by Crippen LogP contribution is -2.14. The second-order valence-corrected chi connectivity index (χ2v) is 3.94. The number of nitrogens with one attached hydrogen (secondary N) is 2. The minimum Gasteiger partial charge on any atom is -0.318 e. The highest BCUT2D eigenvalue weighted by Gasteiger charge is 2.11. The number of aromatic amines is 1. The van der Waals surface area contributed by atoms with Gasteiger partial charge in [0.05, 0.1) is 11.9 Å². The van der Waals surface area contributed by atoms with E-state index in [0.717, 1.165) is 11.6 Å². The van der Waals surface area contributed by atoms with Gasteiger partial charge in [-0.3, -0.25) is 9.36 Å². The lowest BCUT2D eigenvalue weighted by molar-refractivity contribution is 0.101. The number of pyridine rings is 1. The molecule has 9 heteroatoms. The summed E-state index contributed by atoms with van der Waals surface area (Å²) in [4.78, 5) is 20.1. The molecule has 2 N–H and O–H groups in total. The number of amides is 1. The van der Waals surface area contributed by atoms with Crippen LogP contribution in [0.25, 0.3) is 5.82 Å². The van der Waals surface area contributed by atoms with E-state index in [-0.39, 0.29) is 5.82 Å². The third-order valence-corrected chi connectivity index (χ3v) is 2.63. The van der Waals surface area contributed by atoms with Crippen LogP contribution >= 0.6 is 0 Å². The fourth-order valence-electron chi connectivity index (χ4n) is 1.67. The van der Waals surface area contributed by atoms with Crippen molar-refractivity contribution < 1.29 is 4.79 Å². The van der Waals surface area contributed by atoms with Crippen LogP contribution in [0.5, 0.6) is 0 Å². The van der Waals surface area contributed by atoms with Gasteiger partial charge in [-0.05, 0) is 24.3 Å². The van der Waals surface area contributed by atoms with Crippen LogP contribution in [0, 0.1) is 6.92 Å². The number of H-pyrrole nitrogens is 1. The number of anilines is 1. The van der Waals surface area contributed by atoms with Crippen LogP contribution in [0.15, 0.2) is 30.7 Å². The smallest absolute Gasteiger partial charge is 0.297 e. The number of aromatic nitrogens is 7. The maximum absolute atomic E-state index is 11.7. The van der Waals surface area contributed by atoms with E-state index >= 15 is 0 Å². The van der Waals surface area contributed by atoms with Crippen LogP contribution in [-0.2, 0) is 0 Å². The largest absolute Gasteiger partial charge is 0.318 e. The summed E-state index contributed by atoms with van der Waals surface area (Å²) < 4.78 is 1.84. The number of hydrogen-bond acceptors (Lipinski definition) is 6. The van der Waals surface area contributed by atoms with E-state index in [1.165, 1.54) is 0 Å². The summed E-state index contributed by atoms with van der Waals surface area (Å²) in [5.41, 5.74) is 0.543. The van der Waals surface area contributed by atoms with Crippen molar-refractivity contribution in [3.05, 3.63) is 42.4 Å². The van der Waals surface area contributed by atoms with Crippen LogP contribution in [0.4, 0.5) is 5.69 Å². The Morgan fingerprint density at radius 3 is 2.85 bits per heavy atom. The summed E-state index contributed by atoms with van der Waals surface area (Å²) >= 11 is 0. The molecule has 0 saturated heterocycles.